The lowest BCUT2D eigenvalue weighted by Gasteiger charge is -2.19. The summed E-state index contributed by atoms with van der Waals surface area (Å²) in [6, 6.07) is 5.35. The first kappa shape index (κ1) is 16.4. The Morgan fingerprint density at radius 1 is 1.37 bits per heavy atom. The monoisotopic (exact) mass is 349 g/mol. The lowest BCUT2D eigenvalue weighted by molar-refractivity contribution is -0.385. The molecule has 0 amide bonds. The molecule has 1 aromatic carbocycles. The van der Waals surface area contributed by atoms with Crippen LogP contribution >= 0.6 is 28.3 Å². The molecule has 0 bridgehead atoms. The molecule has 1 aliphatic rings. The van der Waals surface area contributed by atoms with Crippen molar-refractivity contribution >= 4 is 34.0 Å². The number of hydrogen-bond acceptors (Lipinski definition) is 4. The molecule has 0 saturated carbocycles. The number of nitrogens with zero attached hydrogens (tertiary/aromatic N) is 2. The van der Waals surface area contributed by atoms with Gasteiger partial charge < -0.3 is 5.32 Å². The minimum absolute atomic E-state index is 0. The summed E-state index contributed by atoms with van der Waals surface area (Å²) >= 11 is 3.20. The van der Waals surface area contributed by atoms with E-state index in [0.29, 0.717) is 4.47 Å². The molecular formula is C12H17BrClN3O2. The molecule has 2 rings (SSSR count). The highest BCUT2D eigenvalue weighted by molar-refractivity contribution is 9.10. The van der Waals surface area contributed by atoms with E-state index in [-0.39, 0.29) is 23.0 Å². The van der Waals surface area contributed by atoms with E-state index in [1.165, 1.54) is 0 Å². The summed E-state index contributed by atoms with van der Waals surface area (Å²) in [5.41, 5.74) is 1.13. The van der Waals surface area contributed by atoms with Crippen molar-refractivity contribution in [1.29, 1.82) is 0 Å². The minimum atomic E-state index is -0.350. The van der Waals surface area contributed by atoms with Gasteiger partial charge in [0.05, 0.1) is 9.40 Å². The first-order valence-corrected chi connectivity index (χ1v) is 6.82. The van der Waals surface area contributed by atoms with Crippen molar-refractivity contribution in [3.05, 3.63) is 38.3 Å². The second kappa shape index (κ2) is 7.79. The van der Waals surface area contributed by atoms with Gasteiger partial charge in [-0.3, -0.25) is 15.0 Å². The van der Waals surface area contributed by atoms with Crippen LogP contribution in [0.5, 0.6) is 0 Å². The van der Waals surface area contributed by atoms with Crippen LogP contribution in [0.25, 0.3) is 0 Å². The molecule has 0 radical (unpaired) electrons. The smallest absolute Gasteiger partial charge is 0.283 e. The highest BCUT2D eigenvalue weighted by Crippen LogP contribution is 2.26. The minimum Gasteiger partial charge on any atom is -0.315 e. The molecule has 7 heteroatoms. The predicted molar refractivity (Wildman–Crippen MR) is 80.8 cm³/mol. The first-order chi connectivity index (χ1) is 8.66. The summed E-state index contributed by atoms with van der Waals surface area (Å²) in [7, 11) is 0. The maximum atomic E-state index is 10.9. The number of nitrogens with one attached hydrogen (secondary N) is 1. The van der Waals surface area contributed by atoms with Gasteiger partial charge in [0.25, 0.3) is 5.69 Å². The molecule has 0 atom stereocenters. The van der Waals surface area contributed by atoms with Gasteiger partial charge in [-0.15, -0.1) is 12.4 Å². The number of halogens is 2. The quantitative estimate of drug-likeness (QED) is 0.672. The van der Waals surface area contributed by atoms with Crippen molar-refractivity contribution < 1.29 is 4.92 Å². The van der Waals surface area contributed by atoms with Crippen molar-refractivity contribution in [2.75, 3.05) is 26.2 Å². The zero-order valence-electron chi connectivity index (χ0n) is 10.5. The van der Waals surface area contributed by atoms with E-state index in [1.807, 2.05) is 6.07 Å². The van der Waals surface area contributed by atoms with Gasteiger partial charge in [-0.2, -0.15) is 0 Å². The van der Waals surface area contributed by atoms with Gasteiger partial charge in [-0.05, 0) is 47.1 Å². The van der Waals surface area contributed by atoms with Gasteiger partial charge in [0.1, 0.15) is 0 Å². The predicted octanol–water partition coefficient (Wildman–Crippen LogP) is 2.57. The Bertz CT molecular complexity index is 437. The Kier molecular flexibility index (Phi) is 6.71. The Balaban J connectivity index is 0.00000180. The van der Waals surface area contributed by atoms with E-state index >= 15 is 0 Å². The fourth-order valence-electron chi connectivity index (χ4n) is 2.11. The van der Waals surface area contributed by atoms with Crippen LogP contribution in [0.4, 0.5) is 5.69 Å². The normalized spacial score (nSPS) is 16.5. The lowest BCUT2D eigenvalue weighted by atomic mass is 10.2. The van der Waals surface area contributed by atoms with E-state index in [4.69, 9.17) is 0 Å². The number of nitro benzene ring substituents is 1. The van der Waals surface area contributed by atoms with Crippen LogP contribution in [-0.2, 0) is 6.54 Å². The van der Waals surface area contributed by atoms with Gasteiger partial charge in [0, 0.05) is 25.7 Å². The van der Waals surface area contributed by atoms with Crippen LogP contribution in [0.1, 0.15) is 12.0 Å². The maximum Gasteiger partial charge on any atom is 0.283 e. The van der Waals surface area contributed by atoms with Crippen molar-refractivity contribution in [2.45, 2.75) is 13.0 Å². The molecule has 0 aromatic heterocycles. The van der Waals surface area contributed by atoms with Crippen LogP contribution < -0.4 is 5.32 Å². The van der Waals surface area contributed by atoms with E-state index in [0.717, 1.165) is 44.7 Å². The third-order valence-corrected chi connectivity index (χ3v) is 3.72. The Hall–Kier alpha value is -0.690. The first-order valence-electron chi connectivity index (χ1n) is 6.03. The van der Waals surface area contributed by atoms with Crippen molar-refractivity contribution in [3.63, 3.8) is 0 Å². The molecule has 19 heavy (non-hydrogen) atoms. The fourth-order valence-corrected chi connectivity index (χ4v) is 2.51. The molecule has 1 fully saturated rings. The molecule has 1 aliphatic heterocycles. The summed E-state index contributed by atoms with van der Waals surface area (Å²) in [4.78, 5) is 12.8. The summed E-state index contributed by atoms with van der Waals surface area (Å²) < 4.78 is 0.536. The second-order valence-electron chi connectivity index (χ2n) is 4.42. The molecule has 1 heterocycles. The van der Waals surface area contributed by atoms with Crippen molar-refractivity contribution in [1.82, 2.24) is 10.2 Å². The molecule has 1 N–H and O–H groups in total. The van der Waals surface area contributed by atoms with Crippen molar-refractivity contribution in [3.8, 4) is 0 Å². The molecule has 0 aliphatic carbocycles. The van der Waals surface area contributed by atoms with Gasteiger partial charge in [-0.1, -0.05) is 6.07 Å². The Labute approximate surface area is 127 Å². The summed E-state index contributed by atoms with van der Waals surface area (Å²) in [5, 5.41) is 14.2. The van der Waals surface area contributed by atoms with Crippen molar-refractivity contribution in [2.24, 2.45) is 0 Å². The third kappa shape index (κ3) is 4.72. The Morgan fingerprint density at radius 2 is 2.16 bits per heavy atom. The van der Waals surface area contributed by atoms with Crippen LogP contribution in [0.2, 0.25) is 0 Å². The average molecular weight is 351 g/mol. The van der Waals surface area contributed by atoms with Gasteiger partial charge in [0.15, 0.2) is 0 Å². The molecule has 0 unspecified atom stereocenters. The topological polar surface area (TPSA) is 58.4 Å². The van der Waals surface area contributed by atoms with E-state index in [9.17, 15) is 10.1 Å². The molecular weight excluding hydrogens is 334 g/mol. The van der Waals surface area contributed by atoms with Crippen LogP contribution in [0, 0.1) is 10.1 Å². The third-order valence-electron chi connectivity index (χ3n) is 3.05. The number of nitro groups is 1. The summed E-state index contributed by atoms with van der Waals surface area (Å²) in [5.74, 6) is 0. The molecule has 0 spiro atoms. The highest BCUT2D eigenvalue weighted by atomic mass is 79.9. The fraction of sp³-hybridized carbons (Fsp3) is 0.500. The molecule has 1 saturated heterocycles. The largest absolute Gasteiger partial charge is 0.315 e. The average Bonchev–Trinajstić information content (AvgIpc) is 2.60. The van der Waals surface area contributed by atoms with Gasteiger partial charge >= 0.3 is 0 Å². The molecule has 1 aromatic rings. The highest BCUT2D eigenvalue weighted by Gasteiger charge is 2.14. The maximum absolute atomic E-state index is 10.9. The number of rotatable bonds is 3. The molecule has 106 valence electrons. The summed E-state index contributed by atoms with van der Waals surface area (Å²) in [6.45, 7) is 4.84. The zero-order chi connectivity index (χ0) is 13.0. The van der Waals surface area contributed by atoms with Gasteiger partial charge in [-0.25, -0.2) is 0 Å². The van der Waals surface area contributed by atoms with Crippen LogP contribution in [0.3, 0.4) is 0 Å². The number of hydrogen-bond donors (Lipinski definition) is 1. The van der Waals surface area contributed by atoms with Crippen LogP contribution in [0.15, 0.2) is 22.7 Å². The van der Waals surface area contributed by atoms with Crippen LogP contribution in [-0.4, -0.2) is 36.0 Å². The van der Waals surface area contributed by atoms with E-state index in [1.54, 1.807) is 12.1 Å². The lowest BCUT2D eigenvalue weighted by Crippen LogP contribution is -2.27. The summed E-state index contributed by atoms with van der Waals surface area (Å²) in [6.07, 6.45) is 1.12. The standard InChI is InChI=1S/C12H16BrN3O2.ClH/c13-11-3-2-10(8-12(11)16(17)18)9-15-6-1-4-14-5-7-15;/h2-3,8,14H,1,4-7,9H2;1H. The number of benzene rings is 1. The van der Waals surface area contributed by atoms with E-state index in [2.05, 4.69) is 26.1 Å². The second-order valence-corrected chi connectivity index (χ2v) is 5.28. The van der Waals surface area contributed by atoms with E-state index < -0.39 is 0 Å². The molecule has 5 nitrogen and oxygen atoms in total. The van der Waals surface area contributed by atoms with Gasteiger partial charge in [0.2, 0.25) is 0 Å². The Morgan fingerprint density at radius 3 is 2.89 bits per heavy atom. The zero-order valence-corrected chi connectivity index (χ0v) is 12.9. The SMILES string of the molecule is Cl.O=[N+]([O-])c1cc(CN2CCCNCC2)ccc1Br.